The van der Waals surface area contributed by atoms with Crippen molar-refractivity contribution in [1.29, 1.82) is 0 Å². The van der Waals surface area contributed by atoms with Gasteiger partial charge in [0.2, 0.25) is 0 Å². The number of hydrogen-bond acceptors (Lipinski definition) is 4. The van der Waals surface area contributed by atoms with E-state index in [0.717, 1.165) is 36.4 Å². The Kier molecular flexibility index (Phi) is 8.16. The van der Waals surface area contributed by atoms with Crippen molar-refractivity contribution in [3.63, 3.8) is 0 Å². The van der Waals surface area contributed by atoms with Gasteiger partial charge in [0.15, 0.2) is 0 Å². The molecule has 0 aliphatic rings. The molecule has 1 aromatic carbocycles. The highest BCUT2D eigenvalue weighted by atomic mass is 16.5. The molecule has 0 radical (unpaired) electrons. The number of benzene rings is 1. The zero-order valence-electron chi connectivity index (χ0n) is 13.9. The second-order valence-electron chi connectivity index (χ2n) is 4.98. The fourth-order valence-electron chi connectivity index (χ4n) is 2.44. The van der Waals surface area contributed by atoms with E-state index in [0.29, 0.717) is 6.61 Å². The van der Waals surface area contributed by atoms with E-state index < -0.39 is 0 Å². The van der Waals surface area contributed by atoms with Crippen molar-refractivity contribution in [1.82, 2.24) is 5.32 Å². The largest absolute Gasteiger partial charge is 0.497 e. The van der Waals surface area contributed by atoms with Crippen LogP contribution >= 0.6 is 0 Å². The van der Waals surface area contributed by atoms with Crippen LogP contribution in [0.3, 0.4) is 0 Å². The highest BCUT2D eigenvalue weighted by Crippen LogP contribution is 2.30. The van der Waals surface area contributed by atoms with E-state index in [2.05, 4.69) is 31.3 Å². The summed E-state index contributed by atoms with van der Waals surface area (Å²) in [6, 6.07) is 6.13. The molecule has 0 aliphatic carbocycles. The number of nitrogens with one attached hydrogen (secondary N) is 1. The second kappa shape index (κ2) is 9.64. The molecule has 0 spiro atoms. The van der Waals surface area contributed by atoms with Crippen molar-refractivity contribution < 1.29 is 14.2 Å². The first-order valence-electron chi connectivity index (χ1n) is 7.77. The van der Waals surface area contributed by atoms with E-state index in [1.165, 1.54) is 0 Å². The van der Waals surface area contributed by atoms with Gasteiger partial charge in [-0.15, -0.1) is 0 Å². The quantitative estimate of drug-likeness (QED) is 0.716. The van der Waals surface area contributed by atoms with Gasteiger partial charge in [0.1, 0.15) is 11.5 Å². The summed E-state index contributed by atoms with van der Waals surface area (Å²) in [7, 11) is 3.35. The zero-order chi connectivity index (χ0) is 15.7. The zero-order valence-corrected chi connectivity index (χ0v) is 13.9. The van der Waals surface area contributed by atoms with Crippen LogP contribution in [0.5, 0.6) is 11.5 Å². The van der Waals surface area contributed by atoms with E-state index >= 15 is 0 Å². The lowest BCUT2D eigenvalue weighted by atomic mass is 9.98. The molecule has 0 saturated heterocycles. The number of ether oxygens (including phenoxy) is 3. The van der Waals surface area contributed by atoms with E-state index in [9.17, 15) is 0 Å². The van der Waals surface area contributed by atoms with E-state index in [1.807, 2.05) is 13.0 Å². The number of rotatable bonds is 10. The maximum absolute atomic E-state index is 5.91. The van der Waals surface area contributed by atoms with Gasteiger partial charge in [0, 0.05) is 12.7 Å². The molecule has 0 heterocycles. The first kappa shape index (κ1) is 17.8. The first-order chi connectivity index (χ1) is 10.2. The van der Waals surface area contributed by atoms with Crippen LogP contribution < -0.4 is 14.8 Å². The molecular formula is C17H29NO3. The lowest BCUT2D eigenvalue weighted by Gasteiger charge is -2.28. The van der Waals surface area contributed by atoms with Gasteiger partial charge in [-0.1, -0.05) is 13.8 Å². The van der Waals surface area contributed by atoms with Crippen molar-refractivity contribution in [2.75, 3.05) is 27.4 Å². The van der Waals surface area contributed by atoms with Crippen LogP contribution in [-0.2, 0) is 4.74 Å². The summed E-state index contributed by atoms with van der Waals surface area (Å²) in [5.41, 5.74) is 1.14. The minimum Gasteiger partial charge on any atom is -0.497 e. The third-order valence-electron chi connectivity index (χ3n) is 3.50. The molecule has 2 atom stereocenters. The van der Waals surface area contributed by atoms with Gasteiger partial charge in [-0.25, -0.2) is 0 Å². The normalized spacial score (nSPS) is 13.8. The maximum Gasteiger partial charge on any atom is 0.122 e. The Morgan fingerprint density at radius 2 is 1.62 bits per heavy atom. The van der Waals surface area contributed by atoms with Crippen LogP contribution in [0, 0.1) is 0 Å². The lowest BCUT2D eigenvalue weighted by molar-refractivity contribution is 0.0313. The van der Waals surface area contributed by atoms with Crippen LogP contribution in [0.2, 0.25) is 0 Å². The SMILES string of the molecule is CCCNC(c1cc(OC)cc(OC)c1)C(CC)OCC. The molecule has 120 valence electrons. The van der Waals surface area contributed by atoms with Crippen LogP contribution in [0.15, 0.2) is 18.2 Å². The summed E-state index contributed by atoms with van der Waals surface area (Å²) >= 11 is 0. The van der Waals surface area contributed by atoms with Gasteiger partial charge in [-0.3, -0.25) is 0 Å². The molecule has 0 bridgehead atoms. The predicted molar refractivity (Wildman–Crippen MR) is 86.3 cm³/mol. The summed E-state index contributed by atoms with van der Waals surface area (Å²) in [5.74, 6) is 1.61. The summed E-state index contributed by atoms with van der Waals surface area (Å²) < 4.78 is 16.7. The van der Waals surface area contributed by atoms with Crippen molar-refractivity contribution >= 4 is 0 Å². The van der Waals surface area contributed by atoms with Gasteiger partial charge in [0.25, 0.3) is 0 Å². The van der Waals surface area contributed by atoms with Gasteiger partial charge in [-0.05, 0) is 44.0 Å². The molecule has 4 nitrogen and oxygen atoms in total. The Bertz CT molecular complexity index is 387. The third-order valence-corrected chi connectivity index (χ3v) is 3.50. The van der Waals surface area contributed by atoms with Gasteiger partial charge in [0.05, 0.1) is 26.4 Å². The molecule has 1 rings (SSSR count). The smallest absolute Gasteiger partial charge is 0.122 e. The van der Waals surface area contributed by atoms with Gasteiger partial charge in [-0.2, -0.15) is 0 Å². The average Bonchev–Trinajstić information content (AvgIpc) is 2.53. The second-order valence-corrected chi connectivity index (χ2v) is 4.98. The Morgan fingerprint density at radius 3 is 2.05 bits per heavy atom. The first-order valence-corrected chi connectivity index (χ1v) is 7.77. The molecule has 0 fully saturated rings. The van der Waals surface area contributed by atoms with E-state index in [-0.39, 0.29) is 12.1 Å². The van der Waals surface area contributed by atoms with Crippen LogP contribution in [0.1, 0.15) is 45.2 Å². The molecule has 0 aliphatic heterocycles. The standard InChI is InChI=1S/C17H29NO3/c1-6-9-18-17(16(7-2)21-8-3)13-10-14(19-4)12-15(11-13)20-5/h10-12,16-18H,6-9H2,1-5H3. The highest BCUT2D eigenvalue weighted by Gasteiger charge is 2.23. The molecule has 1 N–H and O–H groups in total. The molecule has 2 unspecified atom stereocenters. The number of hydrogen-bond donors (Lipinski definition) is 1. The molecule has 0 saturated carbocycles. The van der Waals surface area contributed by atoms with Crippen molar-refractivity contribution in [2.45, 2.75) is 45.8 Å². The predicted octanol–water partition coefficient (Wildman–Crippen LogP) is 3.56. The fourth-order valence-corrected chi connectivity index (χ4v) is 2.44. The Balaban J connectivity index is 3.10. The summed E-state index contributed by atoms with van der Waals surface area (Å²) in [4.78, 5) is 0. The molecular weight excluding hydrogens is 266 g/mol. The highest BCUT2D eigenvalue weighted by molar-refractivity contribution is 5.40. The van der Waals surface area contributed by atoms with Gasteiger partial charge < -0.3 is 19.5 Å². The fraction of sp³-hybridized carbons (Fsp3) is 0.647. The summed E-state index contributed by atoms with van der Waals surface area (Å²) in [6.07, 6.45) is 2.17. The van der Waals surface area contributed by atoms with Crippen LogP contribution in [-0.4, -0.2) is 33.5 Å². The monoisotopic (exact) mass is 295 g/mol. The summed E-state index contributed by atoms with van der Waals surface area (Å²) in [5, 5.41) is 3.59. The average molecular weight is 295 g/mol. The van der Waals surface area contributed by atoms with Crippen molar-refractivity contribution in [3.8, 4) is 11.5 Å². The minimum atomic E-state index is 0.137. The van der Waals surface area contributed by atoms with Gasteiger partial charge >= 0.3 is 0 Å². The molecule has 0 amide bonds. The Hall–Kier alpha value is -1.26. The van der Waals surface area contributed by atoms with Crippen molar-refractivity contribution in [2.24, 2.45) is 0 Å². The minimum absolute atomic E-state index is 0.137. The summed E-state index contributed by atoms with van der Waals surface area (Å²) in [6.45, 7) is 8.01. The van der Waals surface area contributed by atoms with Crippen LogP contribution in [0.25, 0.3) is 0 Å². The molecule has 0 aromatic heterocycles. The number of methoxy groups -OCH3 is 2. The molecule has 4 heteroatoms. The Morgan fingerprint density at radius 1 is 1.00 bits per heavy atom. The molecule has 1 aromatic rings. The van der Waals surface area contributed by atoms with Crippen molar-refractivity contribution in [3.05, 3.63) is 23.8 Å². The molecule has 21 heavy (non-hydrogen) atoms. The lowest BCUT2D eigenvalue weighted by Crippen LogP contribution is -2.34. The Labute approximate surface area is 128 Å². The van der Waals surface area contributed by atoms with Crippen LogP contribution in [0.4, 0.5) is 0 Å². The topological polar surface area (TPSA) is 39.7 Å². The van der Waals surface area contributed by atoms with E-state index in [4.69, 9.17) is 14.2 Å². The third kappa shape index (κ3) is 5.21. The van der Waals surface area contributed by atoms with E-state index in [1.54, 1.807) is 14.2 Å². The maximum atomic E-state index is 5.91.